The minimum absolute atomic E-state index is 0.555. The van der Waals surface area contributed by atoms with E-state index in [4.69, 9.17) is 27.9 Å². The van der Waals surface area contributed by atoms with Crippen molar-refractivity contribution < 1.29 is 4.74 Å². The Balaban J connectivity index is 1.68. The van der Waals surface area contributed by atoms with Gasteiger partial charge in [-0.1, -0.05) is 23.2 Å². The highest BCUT2D eigenvalue weighted by atomic mass is 35.5. The second kappa shape index (κ2) is 7.14. The van der Waals surface area contributed by atoms with E-state index in [1.54, 1.807) is 12.3 Å². The van der Waals surface area contributed by atoms with Crippen molar-refractivity contribution in [2.45, 2.75) is 6.42 Å². The van der Waals surface area contributed by atoms with Crippen LogP contribution in [0.15, 0.2) is 12.3 Å². The molecule has 0 unspecified atom stereocenters. The summed E-state index contributed by atoms with van der Waals surface area (Å²) in [6, 6.07) is 1.69. The monoisotopic (exact) mass is 289 g/mol. The topological polar surface area (TPSA) is 37.4 Å². The Bertz CT molecular complexity index is 384. The van der Waals surface area contributed by atoms with Gasteiger partial charge in [0.2, 0.25) is 0 Å². The fourth-order valence-electron chi connectivity index (χ4n) is 1.88. The van der Waals surface area contributed by atoms with Gasteiger partial charge in [0.1, 0.15) is 5.82 Å². The van der Waals surface area contributed by atoms with Gasteiger partial charge in [-0.3, -0.25) is 4.90 Å². The Morgan fingerprint density at radius 1 is 1.33 bits per heavy atom. The number of pyridine rings is 1. The maximum atomic E-state index is 6.02. The zero-order valence-electron chi connectivity index (χ0n) is 10.2. The average molecular weight is 290 g/mol. The lowest BCUT2D eigenvalue weighted by Gasteiger charge is -2.26. The molecule has 1 fully saturated rings. The lowest BCUT2D eigenvalue weighted by atomic mass is 10.3. The van der Waals surface area contributed by atoms with Crippen LogP contribution < -0.4 is 5.32 Å². The van der Waals surface area contributed by atoms with Crippen molar-refractivity contribution in [2.75, 3.05) is 44.7 Å². The first-order valence-corrected chi connectivity index (χ1v) is 6.86. The summed E-state index contributed by atoms with van der Waals surface area (Å²) in [6.07, 6.45) is 2.65. The van der Waals surface area contributed by atoms with Crippen LogP contribution >= 0.6 is 23.2 Å². The van der Waals surface area contributed by atoms with Gasteiger partial charge in [0.05, 0.1) is 23.3 Å². The molecule has 1 aliphatic rings. The standard InChI is InChI=1S/C12H17Cl2N3O/c13-10-8-11(14)12(16-9-10)15-2-1-3-17-4-6-18-7-5-17/h8-9H,1-7H2,(H,15,16). The first-order valence-electron chi connectivity index (χ1n) is 6.11. The predicted molar refractivity (Wildman–Crippen MR) is 74.6 cm³/mol. The lowest BCUT2D eigenvalue weighted by molar-refractivity contribution is 0.0378. The third-order valence-corrected chi connectivity index (χ3v) is 3.35. The van der Waals surface area contributed by atoms with Crippen molar-refractivity contribution in [3.8, 4) is 0 Å². The van der Waals surface area contributed by atoms with Gasteiger partial charge in [0.15, 0.2) is 0 Å². The molecule has 0 atom stereocenters. The second-order valence-corrected chi connectivity index (χ2v) is 5.06. The van der Waals surface area contributed by atoms with E-state index in [1.807, 2.05) is 0 Å². The van der Waals surface area contributed by atoms with Crippen LogP contribution in [0.4, 0.5) is 5.82 Å². The molecule has 1 aliphatic heterocycles. The minimum Gasteiger partial charge on any atom is -0.379 e. The van der Waals surface area contributed by atoms with Crippen molar-refractivity contribution in [2.24, 2.45) is 0 Å². The summed E-state index contributed by atoms with van der Waals surface area (Å²) in [5.74, 6) is 0.697. The van der Waals surface area contributed by atoms with Crippen LogP contribution in [0, 0.1) is 0 Å². The van der Waals surface area contributed by atoms with Crippen molar-refractivity contribution in [3.63, 3.8) is 0 Å². The normalized spacial score (nSPS) is 16.8. The van der Waals surface area contributed by atoms with Gasteiger partial charge < -0.3 is 10.1 Å². The molecule has 100 valence electrons. The Morgan fingerprint density at radius 2 is 2.11 bits per heavy atom. The van der Waals surface area contributed by atoms with Crippen molar-refractivity contribution >= 4 is 29.0 Å². The fourth-order valence-corrected chi connectivity index (χ4v) is 2.33. The highest BCUT2D eigenvalue weighted by molar-refractivity contribution is 6.35. The molecule has 1 aromatic rings. The van der Waals surface area contributed by atoms with E-state index in [0.29, 0.717) is 15.9 Å². The summed E-state index contributed by atoms with van der Waals surface area (Å²) in [7, 11) is 0. The molecule has 4 nitrogen and oxygen atoms in total. The van der Waals surface area contributed by atoms with Crippen molar-refractivity contribution in [3.05, 3.63) is 22.3 Å². The van der Waals surface area contributed by atoms with Gasteiger partial charge in [-0.15, -0.1) is 0 Å². The lowest BCUT2D eigenvalue weighted by Crippen LogP contribution is -2.37. The molecule has 0 amide bonds. The summed E-state index contributed by atoms with van der Waals surface area (Å²) in [5, 5.41) is 4.34. The van der Waals surface area contributed by atoms with Crippen molar-refractivity contribution in [1.82, 2.24) is 9.88 Å². The minimum atomic E-state index is 0.555. The van der Waals surface area contributed by atoms with E-state index in [-0.39, 0.29) is 0 Å². The van der Waals surface area contributed by atoms with E-state index in [1.165, 1.54) is 0 Å². The molecule has 0 radical (unpaired) electrons. The highest BCUT2D eigenvalue weighted by Gasteiger charge is 2.09. The number of hydrogen-bond acceptors (Lipinski definition) is 4. The molecule has 0 bridgehead atoms. The molecule has 0 aliphatic carbocycles. The summed E-state index contributed by atoms with van der Waals surface area (Å²) in [5.41, 5.74) is 0. The number of rotatable bonds is 5. The Kier molecular flexibility index (Phi) is 5.50. The van der Waals surface area contributed by atoms with E-state index in [2.05, 4.69) is 15.2 Å². The Morgan fingerprint density at radius 3 is 2.83 bits per heavy atom. The first kappa shape index (κ1) is 13.9. The number of aromatic nitrogens is 1. The third kappa shape index (κ3) is 4.28. The largest absolute Gasteiger partial charge is 0.379 e. The summed E-state index contributed by atoms with van der Waals surface area (Å²) in [6.45, 7) is 5.67. The van der Waals surface area contributed by atoms with Crippen LogP contribution in [0.1, 0.15) is 6.42 Å². The first-order chi connectivity index (χ1) is 8.75. The van der Waals surface area contributed by atoms with E-state index >= 15 is 0 Å². The number of ether oxygens (including phenoxy) is 1. The molecular formula is C12H17Cl2N3O. The molecular weight excluding hydrogens is 273 g/mol. The Hall–Kier alpha value is -0.550. The van der Waals surface area contributed by atoms with Gasteiger partial charge >= 0.3 is 0 Å². The number of nitrogens with one attached hydrogen (secondary N) is 1. The van der Waals surface area contributed by atoms with Crippen LogP contribution in [0.25, 0.3) is 0 Å². The quantitative estimate of drug-likeness (QED) is 0.846. The number of morpholine rings is 1. The van der Waals surface area contributed by atoms with Crippen LogP contribution in [0.3, 0.4) is 0 Å². The van der Waals surface area contributed by atoms with Crippen LogP contribution in [0.2, 0.25) is 10.0 Å². The fraction of sp³-hybridized carbons (Fsp3) is 0.583. The van der Waals surface area contributed by atoms with Crippen LogP contribution in [-0.2, 0) is 4.74 Å². The average Bonchev–Trinajstić information content (AvgIpc) is 2.38. The maximum absolute atomic E-state index is 6.02. The SMILES string of the molecule is Clc1cnc(NCCCN2CCOCC2)c(Cl)c1. The second-order valence-electron chi connectivity index (χ2n) is 4.22. The molecule has 1 aromatic heterocycles. The van der Waals surface area contributed by atoms with Gasteiger partial charge in [-0.25, -0.2) is 4.98 Å². The highest BCUT2D eigenvalue weighted by Crippen LogP contribution is 2.22. The number of hydrogen-bond donors (Lipinski definition) is 1. The van der Waals surface area contributed by atoms with Crippen LogP contribution in [-0.4, -0.2) is 49.3 Å². The van der Waals surface area contributed by atoms with Gasteiger partial charge in [-0.2, -0.15) is 0 Å². The third-order valence-electron chi connectivity index (χ3n) is 2.86. The molecule has 1 saturated heterocycles. The summed E-state index contributed by atoms with van der Waals surface area (Å²) in [4.78, 5) is 6.56. The molecule has 2 heterocycles. The van der Waals surface area contributed by atoms with E-state index < -0.39 is 0 Å². The maximum Gasteiger partial charge on any atom is 0.144 e. The van der Waals surface area contributed by atoms with Gasteiger partial charge in [0, 0.05) is 25.8 Å². The van der Waals surface area contributed by atoms with E-state index in [0.717, 1.165) is 45.8 Å². The predicted octanol–water partition coefficient (Wildman–Crippen LogP) is 2.52. The van der Waals surface area contributed by atoms with Crippen molar-refractivity contribution in [1.29, 1.82) is 0 Å². The zero-order valence-corrected chi connectivity index (χ0v) is 11.7. The molecule has 0 spiro atoms. The molecule has 6 heteroatoms. The summed E-state index contributed by atoms with van der Waals surface area (Å²) < 4.78 is 5.31. The van der Waals surface area contributed by atoms with Crippen LogP contribution in [0.5, 0.6) is 0 Å². The molecule has 0 saturated carbocycles. The number of halogens is 2. The van der Waals surface area contributed by atoms with Gasteiger partial charge in [-0.05, 0) is 19.0 Å². The number of nitrogens with zero attached hydrogens (tertiary/aromatic N) is 2. The zero-order chi connectivity index (χ0) is 12.8. The Labute approximate surface area is 117 Å². The smallest absolute Gasteiger partial charge is 0.144 e. The molecule has 1 N–H and O–H groups in total. The molecule has 2 rings (SSSR count). The molecule has 18 heavy (non-hydrogen) atoms. The number of anilines is 1. The van der Waals surface area contributed by atoms with Gasteiger partial charge in [0.25, 0.3) is 0 Å². The molecule has 0 aromatic carbocycles. The summed E-state index contributed by atoms with van der Waals surface area (Å²) >= 11 is 11.8. The van der Waals surface area contributed by atoms with E-state index in [9.17, 15) is 0 Å².